The highest BCUT2D eigenvalue weighted by atomic mass is 16.5. The van der Waals surface area contributed by atoms with Crippen LogP contribution in [0.3, 0.4) is 0 Å². The van der Waals surface area contributed by atoms with E-state index in [4.69, 9.17) is 9.47 Å². The molecule has 2 aromatic rings. The lowest BCUT2D eigenvalue weighted by molar-refractivity contribution is -0.134. The number of tetrazole rings is 1. The SMILES string of the molecule is CCOc1ccc(-c2nnn(CC(=O)N3CCCC(C)C3)n2)cc1OCC. The van der Waals surface area contributed by atoms with Gasteiger partial charge in [-0.1, -0.05) is 6.92 Å². The topological polar surface area (TPSA) is 82.4 Å². The van der Waals surface area contributed by atoms with Crippen molar-refractivity contribution in [3.05, 3.63) is 18.2 Å². The Hall–Kier alpha value is -2.64. The van der Waals surface area contributed by atoms with Crippen molar-refractivity contribution in [3.8, 4) is 22.9 Å². The maximum Gasteiger partial charge on any atom is 0.246 e. The highest BCUT2D eigenvalue weighted by molar-refractivity contribution is 5.76. The zero-order valence-electron chi connectivity index (χ0n) is 16.2. The average molecular weight is 373 g/mol. The van der Waals surface area contributed by atoms with Gasteiger partial charge in [-0.25, -0.2) is 0 Å². The summed E-state index contributed by atoms with van der Waals surface area (Å²) in [4.78, 5) is 15.7. The van der Waals surface area contributed by atoms with Crippen LogP contribution in [-0.2, 0) is 11.3 Å². The molecule has 1 unspecified atom stereocenters. The van der Waals surface area contributed by atoms with E-state index in [1.54, 1.807) is 0 Å². The van der Waals surface area contributed by atoms with E-state index < -0.39 is 0 Å². The molecule has 1 aromatic heterocycles. The number of ether oxygens (including phenoxy) is 2. The number of likely N-dealkylation sites (tertiary alicyclic amines) is 1. The van der Waals surface area contributed by atoms with E-state index in [1.807, 2.05) is 36.9 Å². The molecule has 0 spiro atoms. The van der Waals surface area contributed by atoms with E-state index in [0.29, 0.717) is 36.5 Å². The van der Waals surface area contributed by atoms with Gasteiger partial charge in [0.25, 0.3) is 0 Å². The Morgan fingerprint density at radius 2 is 2.00 bits per heavy atom. The van der Waals surface area contributed by atoms with Crippen molar-refractivity contribution in [2.45, 2.75) is 40.2 Å². The minimum Gasteiger partial charge on any atom is -0.490 e. The number of aromatic nitrogens is 4. The third kappa shape index (κ3) is 4.75. The molecule has 8 nitrogen and oxygen atoms in total. The molecular formula is C19H27N5O3. The summed E-state index contributed by atoms with van der Waals surface area (Å²) < 4.78 is 11.2. The zero-order chi connectivity index (χ0) is 19.2. The number of amides is 1. The first kappa shape index (κ1) is 19.1. The summed E-state index contributed by atoms with van der Waals surface area (Å²) in [5, 5.41) is 12.5. The van der Waals surface area contributed by atoms with Crippen LogP contribution in [-0.4, -0.2) is 57.3 Å². The molecule has 1 aromatic carbocycles. The van der Waals surface area contributed by atoms with Gasteiger partial charge in [0.15, 0.2) is 11.5 Å². The Kier molecular flexibility index (Phi) is 6.26. The van der Waals surface area contributed by atoms with Crippen LogP contribution in [0.25, 0.3) is 11.4 Å². The van der Waals surface area contributed by atoms with Crippen LogP contribution in [0.5, 0.6) is 11.5 Å². The van der Waals surface area contributed by atoms with E-state index in [9.17, 15) is 4.79 Å². The summed E-state index contributed by atoms with van der Waals surface area (Å²) in [6.45, 7) is 8.83. The average Bonchev–Trinajstić information content (AvgIpc) is 3.12. The lowest BCUT2D eigenvalue weighted by Gasteiger charge is -2.30. The number of rotatable bonds is 7. The second-order valence-electron chi connectivity index (χ2n) is 6.76. The predicted molar refractivity (Wildman–Crippen MR) is 101 cm³/mol. The molecule has 8 heteroatoms. The second kappa shape index (κ2) is 8.83. The summed E-state index contributed by atoms with van der Waals surface area (Å²) >= 11 is 0. The molecule has 3 rings (SSSR count). The van der Waals surface area contributed by atoms with Gasteiger partial charge in [0.1, 0.15) is 6.54 Å². The lowest BCUT2D eigenvalue weighted by atomic mass is 10.0. The fourth-order valence-electron chi connectivity index (χ4n) is 3.25. The maximum absolute atomic E-state index is 12.5. The molecule has 1 fully saturated rings. The summed E-state index contributed by atoms with van der Waals surface area (Å²) in [6, 6.07) is 5.54. The van der Waals surface area contributed by atoms with Gasteiger partial charge >= 0.3 is 0 Å². The fourth-order valence-corrected chi connectivity index (χ4v) is 3.25. The maximum atomic E-state index is 12.5. The lowest BCUT2D eigenvalue weighted by Crippen LogP contribution is -2.41. The Bertz CT molecular complexity index is 776. The van der Waals surface area contributed by atoms with Crippen LogP contribution in [0.15, 0.2) is 18.2 Å². The number of hydrogen-bond donors (Lipinski definition) is 0. The highest BCUT2D eigenvalue weighted by Gasteiger charge is 2.22. The minimum atomic E-state index is 0.0344. The van der Waals surface area contributed by atoms with E-state index in [0.717, 1.165) is 25.1 Å². The molecule has 0 radical (unpaired) electrons. The van der Waals surface area contributed by atoms with Crippen molar-refractivity contribution < 1.29 is 14.3 Å². The van der Waals surface area contributed by atoms with Crippen molar-refractivity contribution in [1.29, 1.82) is 0 Å². The first-order chi connectivity index (χ1) is 13.1. The number of hydrogen-bond acceptors (Lipinski definition) is 6. The molecule has 146 valence electrons. The summed E-state index contributed by atoms with van der Waals surface area (Å²) in [5.74, 6) is 2.37. The molecule has 1 saturated heterocycles. The Labute approximate surface area is 159 Å². The van der Waals surface area contributed by atoms with Gasteiger partial charge in [-0.15, -0.1) is 10.2 Å². The standard InChI is InChI=1S/C19H27N5O3/c1-4-26-16-9-8-15(11-17(16)27-5-2)19-20-22-24(21-19)13-18(25)23-10-6-7-14(3)12-23/h8-9,11,14H,4-7,10,12-13H2,1-3H3. The van der Waals surface area contributed by atoms with Crippen LogP contribution < -0.4 is 9.47 Å². The Morgan fingerprint density at radius 3 is 2.74 bits per heavy atom. The third-order valence-corrected chi connectivity index (χ3v) is 4.54. The first-order valence-corrected chi connectivity index (χ1v) is 9.56. The molecule has 1 atom stereocenters. The number of piperidine rings is 1. The summed E-state index contributed by atoms with van der Waals surface area (Å²) in [7, 11) is 0. The molecule has 2 heterocycles. The molecule has 0 saturated carbocycles. The first-order valence-electron chi connectivity index (χ1n) is 9.56. The van der Waals surface area contributed by atoms with Gasteiger partial charge in [0, 0.05) is 18.7 Å². The van der Waals surface area contributed by atoms with Gasteiger partial charge in [-0.2, -0.15) is 4.80 Å². The van der Waals surface area contributed by atoms with Crippen LogP contribution in [0.4, 0.5) is 0 Å². The van der Waals surface area contributed by atoms with E-state index >= 15 is 0 Å². The molecule has 1 amide bonds. The molecule has 27 heavy (non-hydrogen) atoms. The quantitative estimate of drug-likeness (QED) is 0.741. The van der Waals surface area contributed by atoms with E-state index in [1.165, 1.54) is 11.2 Å². The van der Waals surface area contributed by atoms with E-state index in [2.05, 4.69) is 22.3 Å². The second-order valence-corrected chi connectivity index (χ2v) is 6.76. The Morgan fingerprint density at radius 1 is 1.22 bits per heavy atom. The molecule has 1 aliphatic heterocycles. The van der Waals surface area contributed by atoms with E-state index in [-0.39, 0.29) is 12.5 Å². The normalized spacial score (nSPS) is 17.0. The molecule has 0 N–H and O–H groups in total. The van der Waals surface area contributed by atoms with Crippen LogP contribution >= 0.6 is 0 Å². The number of nitrogens with zero attached hydrogens (tertiary/aromatic N) is 5. The van der Waals surface area contributed by atoms with Crippen molar-refractivity contribution in [2.75, 3.05) is 26.3 Å². The summed E-state index contributed by atoms with van der Waals surface area (Å²) in [6.07, 6.45) is 2.23. The van der Waals surface area contributed by atoms with Gasteiger partial charge in [-0.3, -0.25) is 4.79 Å². The molecule has 0 aliphatic carbocycles. The smallest absolute Gasteiger partial charge is 0.246 e. The van der Waals surface area contributed by atoms with Crippen molar-refractivity contribution in [3.63, 3.8) is 0 Å². The van der Waals surface area contributed by atoms with Crippen molar-refractivity contribution >= 4 is 5.91 Å². The third-order valence-electron chi connectivity index (χ3n) is 4.54. The molecule has 1 aliphatic rings. The van der Waals surface area contributed by atoms with Crippen LogP contribution in [0.1, 0.15) is 33.6 Å². The number of carbonyl (C=O) groups excluding carboxylic acids is 1. The van der Waals surface area contributed by atoms with Crippen LogP contribution in [0.2, 0.25) is 0 Å². The van der Waals surface area contributed by atoms with Crippen LogP contribution in [0, 0.1) is 5.92 Å². The Balaban J connectivity index is 1.71. The molecular weight excluding hydrogens is 346 g/mol. The largest absolute Gasteiger partial charge is 0.490 e. The predicted octanol–water partition coefficient (Wildman–Crippen LogP) is 2.40. The number of carbonyl (C=O) groups is 1. The molecule has 0 bridgehead atoms. The summed E-state index contributed by atoms with van der Waals surface area (Å²) in [5.41, 5.74) is 0.771. The van der Waals surface area contributed by atoms with Gasteiger partial charge in [-0.05, 0) is 56.0 Å². The van der Waals surface area contributed by atoms with Crippen molar-refractivity contribution in [2.24, 2.45) is 5.92 Å². The highest BCUT2D eigenvalue weighted by Crippen LogP contribution is 2.31. The van der Waals surface area contributed by atoms with Crippen molar-refractivity contribution in [1.82, 2.24) is 25.1 Å². The minimum absolute atomic E-state index is 0.0344. The monoisotopic (exact) mass is 373 g/mol. The van der Waals surface area contributed by atoms with Gasteiger partial charge < -0.3 is 14.4 Å². The fraction of sp³-hybridized carbons (Fsp3) is 0.579. The number of benzene rings is 1. The van der Waals surface area contributed by atoms with Gasteiger partial charge in [0.05, 0.1) is 13.2 Å². The zero-order valence-corrected chi connectivity index (χ0v) is 16.2. The van der Waals surface area contributed by atoms with Gasteiger partial charge in [0.2, 0.25) is 11.7 Å².